The third kappa shape index (κ3) is 3.09. The van der Waals surface area contributed by atoms with Crippen LogP contribution < -0.4 is 5.73 Å². The molecule has 0 aliphatic carbocycles. The second kappa shape index (κ2) is 5.50. The van der Waals surface area contributed by atoms with E-state index in [0.717, 1.165) is 0 Å². The summed E-state index contributed by atoms with van der Waals surface area (Å²) in [5.41, 5.74) is 6.49. The Morgan fingerprint density at radius 1 is 1.17 bits per heavy atom. The topological polar surface area (TPSA) is 43.1 Å². The Hall–Kier alpha value is -1.39. The third-order valence-corrected chi connectivity index (χ3v) is 4.04. The van der Waals surface area contributed by atoms with Gasteiger partial charge in [-0.05, 0) is 42.5 Å². The number of hydrogen-bond donors (Lipinski definition) is 1. The van der Waals surface area contributed by atoms with E-state index in [0.29, 0.717) is 21.2 Å². The van der Waals surface area contributed by atoms with Crippen LogP contribution in [-0.4, -0.2) is 4.21 Å². The Morgan fingerprint density at radius 2 is 1.83 bits per heavy atom. The van der Waals surface area contributed by atoms with Gasteiger partial charge in [-0.3, -0.25) is 4.21 Å². The fourth-order valence-electron chi connectivity index (χ4n) is 1.50. The number of rotatable bonds is 3. The van der Waals surface area contributed by atoms with E-state index in [1.165, 1.54) is 18.2 Å². The Morgan fingerprint density at radius 3 is 2.50 bits per heavy atom. The lowest BCUT2D eigenvalue weighted by Gasteiger charge is -2.05. The molecule has 0 aliphatic heterocycles. The predicted molar refractivity (Wildman–Crippen MR) is 72.4 cm³/mol. The van der Waals surface area contributed by atoms with Crippen LogP contribution in [0.25, 0.3) is 0 Å². The summed E-state index contributed by atoms with van der Waals surface area (Å²) >= 11 is 5.78. The maximum atomic E-state index is 13.5. The molecule has 18 heavy (non-hydrogen) atoms. The van der Waals surface area contributed by atoms with Crippen molar-refractivity contribution in [3.8, 4) is 0 Å². The molecule has 94 valence electrons. The smallest absolute Gasteiger partial charge is 0.127 e. The summed E-state index contributed by atoms with van der Waals surface area (Å²) in [4.78, 5) is 0.614. The molecule has 2 N–H and O–H groups in total. The molecular formula is C13H11ClFNOS. The fraction of sp³-hybridized carbons (Fsp3) is 0.0769. The lowest BCUT2D eigenvalue weighted by atomic mass is 10.2. The molecule has 0 heterocycles. The third-order valence-electron chi connectivity index (χ3n) is 2.44. The summed E-state index contributed by atoms with van der Waals surface area (Å²) in [5.74, 6) is -0.306. The molecule has 0 aromatic heterocycles. The summed E-state index contributed by atoms with van der Waals surface area (Å²) in [7, 11) is -1.32. The Balaban J connectivity index is 2.21. The van der Waals surface area contributed by atoms with Gasteiger partial charge in [-0.25, -0.2) is 4.39 Å². The van der Waals surface area contributed by atoms with E-state index in [1.54, 1.807) is 24.3 Å². The van der Waals surface area contributed by atoms with E-state index < -0.39 is 16.6 Å². The Bertz CT molecular complexity index is 586. The van der Waals surface area contributed by atoms with Gasteiger partial charge in [0.25, 0.3) is 0 Å². The van der Waals surface area contributed by atoms with Crippen LogP contribution >= 0.6 is 11.6 Å². The SMILES string of the molecule is Nc1ccc(S(=O)Cc2cc(Cl)ccc2F)cc1. The summed E-state index contributed by atoms with van der Waals surface area (Å²) < 4.78 is 25.5. The maximum Gasteiger partial charge on any atom is 0.127 e. The highest BCUT2D eigenvalue weighted by Gasteiger charge is 2.09. The Kier molecular flexibility index (Phi) is 3.99. The van der Waals surface area contributed by atoms with E-state index in [2.05, 4.69) is 0 Å². The number of nitrogen functional groups attached to an aromatic ring is 1. The number of anilines is 1. The number of benzene rings is 2. The monoisotopic (exact) mass is 283 g/mol. The lowest BCUT2D eigenvalue weighted by Crippen LogP contribution is -1.99. The van der Waals surface area contributed by atoms with Crippen LogP contribution in [0.4, 0.5) is 10.1 Å². The number of nitrogens with two attached hydrogens (primary N) is 1. The summed E-state index contributed by atoms with van der Waals surface area (Å²) in [6, 6.07) is 10.9. The van der Waals surface area contributed by atoms with Gasteiger partial charge in [0, 0.05) is 21.2 Å². The van der Waals surface area contributed by atoms with Gasteiger partial charge in [0.15, 0.2) is 0 Å². The first-order chi connectivity index (χ1) is 8.56. The first-order valence-corrected chi connectivity index (χ1v) is 6.94. The van der Waals surface area contributed by atoms with Crippen LogP contribution in [0.1, 0.15) is 5.56 Å². The van der Waals surface area contributed by atoms with Crippen LogP contribution in [0.2, 0.25) is 5.02 Å². The quantitative estimate of drug-likeness (QED) is 0.878. The molecule has 0 fully saturated rings. The second-order valence-electron chi connectivity index (χ2n) is 3.79. The van der Waals surface area contributed by atoms with Crippen LogP contribution in [-0.2, 0) is 16.6 Å². The first kappa shape index (κ1) is 13.1. The molecule has 2 rings (SSSR count). The van der Waals surface area contributed by atoms with Crippen LogP contribution in [0, 0.1) is 5.82 Å². The van der Waals surface area contributed by atoms with Crippen molar-refractivity contribution >= 4 is 28.1 Å². The van der Waals surface area contributed by atoms with Gasteiger partial charge in [0.2, 0.25) is 0 Å². The lowest BCUT2D eigenvalue weighted by molar-refractivity contribution is 0.615. The number of hydrogen-bond acceptors (Lipinski definition) is 2. The molecule has 0 bridgehead atoms. The molecule has 5 heteroatoms. The summed E-state index contributed by atoms with van der Waals surface area (Å²) in [6.45, 7) is 0. The normalized spacial score (nSPS) is 12.3. The molecule has 2 aromatic carbocycles. The van der Waals surface area contributed by atoms with Gasteiger partial charge in [-0.2, -0.15) is 0 Å². The van der Waals surface area contributed by atoms with Crippen molar-refractivity contribution in [2.45, 2.75) is 10.6 Å². The van der Waals surface area contributed by atoms with Gasteiger partial charge in [-0.1, -0.05) is 11.6 Å². The largest absolute Gasteiger partial charge is 0.399 e. The molecule has 0 spiro atoms. The average Bonchev–Trinajstić information content (AvgIpc) is 2.34. The van der Waals surface area contributed by atoms with Gasteiger partial charge in [0.05, 0.1) is 16.6 Å². The van der Waals surface area contributed by atoms with Gasteiger partial charge < -0.3 is 5.73 Å². The minimum absolute atomic E-state index is 0.0936. The zero-order valence-electron chi connectivity index (χ0n) is 9.40. The van der Waals surface area contributed by atoms with Crippen molar-refractivity contribution in [1.82, 2.24) is 0 Å². The molecule has 2 nitrogen and oxygen atoms in total. The van der Waals surface area contributed by atoms with Crippen molar-refractivity contribution in [2.24, 2.45) is 0 Å². The highest BCUT2D eigenvalue weighted by Crippen LogP contribution is 2.19. The van der Waals surface area contributed by atoms with Crippen molar-refractivity contribution in [1.29, 1.82) is 0 Å². The van der Waals surface area contributed by atoms with Crippen LogP contribution in [0.5, 0.6) is 0 Å². The molecule has 2 aromatic rings. The van der Waals surface area contributed by atoms with E-state index in [4.69, 9.17) is 17.3 Å². The minimum atomic E-state index is -1.32. The molecule has 1 atom stereocenters. The van der Waals surface area contributed by atoms with E-state index in [1.807, 2.05) is 0 Å². The summed E-state index contributed by atoms with van der Waals surface area (Å²) in [5, 5.41) is 0.431. The molecule has 0 saturated carbocycles. The molecule has 0 aliphatic rings. The van der Waals surface area contributed by atoms with Crippen molar-refractivity contribution < 1.29 is 8.60 Å². The van der Waals surface area contributed by atoms with E-state index in [-0.39, 0.29) is 5.75 Å². The molecule has 0 amide bonds. The standard InChI is InChI=1S/C13H11ClFNOS/c14-10-1-6-13(15)9(7-10)8-18(17)12-4-2-11(16)3-5-12/h1-7H,8,16H2. The second-order valence-corrected chi connectivity index (χ2v) is 5.68. The highest BCUT2D eigenvalue weighted by molar-refractivity contribution is 7.84. The van der Waals surface area contributed by atoms with Crippen molar-refractivity contribution in [3.63, 3.8) is 0 Å². The van der Waals surface area contributed by atoms with Crippen molar-refractivity contribution in [2.75, 3.05) is 5.73 Å². The van der Waals surface area contributed by atoms with Gasteiger partial charge >= 0.3 is 0 Å². The summed E-state index contributed by atoms with van der Waals surface area (Å²) in [6.07, 6.45) is 0. The average molecular weight is 284 g/mol. The minimum Gasteiger partial charge on any atom is -0.399 e. The first-order valence-electron chi connectivity index (χ1n) is 5.24. The van der Waals surface area contributed by atoms with Crippen LogP contribution in [0.3, 0.4) is 0 Å². The van der Waals surface area contributed by atoms with E-state index in [9.17, 15) is 8.60 Å². The van der Waals surface area contributed by atoms with Gasteiger partial charge in [0.1, 0.15) is 5.82 Å². The number of halogens is 2. The zero-order valence-corrected chi connectivity index (χ0v) is 11.0. The molecule has 1 unspecified atom stereocenters. The van der Waals surface area contributed by atoms with E-state index >= 15 is 0 Å². The Labute approximate surface area is 112 Å². The predicted octanol–water partition coefficient (Wildman–Crippen LogP) is 3.37. The van der Waals surface area contributed by atoms with Gasteiger partial charge in [-0.15, -0.1) is 0 Å². The molecule has 0 saturated heterocycles. The van der Waals surface area contributed by atoms with Crippen LogP contribution in [0.15, 0.2) is 47.4 Å². The highest BCUT2D eigenvalue weighted by atomic mass is 35.5. The zero-order chi connectivity index (χ0) is 13.1. The van der Waals surface area contributed by atoms with Crippen molar-refractivity contribution in [3.05, 3.63) is 58.9 Å². The molecular weight excluding hydrogens is 273 g/mol. The maximum absolute atomic E-state index is 13.5. The fourth-order valence-corrected chi connectivity index (χ4v) is 2.80. The molecule has 0 radical (unpaired) electrons.